The van der Waals surface area contributed by atoms with Gasteiger partial charge in [0.1, 0.15) is 6.61 Å². The minimum absolute atomic E-state index is 0.591. The Morgan fingerprint density at radius 3 is 3.00 bits per heavy atom. The van der Waals surface area contributed by atoms with E-state index in [2.05, 4.69) is 35.6 Å². The summed E-state index contributed by atoms with van der Waals surface area (Å²) in [6.07, 6.45) is 1.80. The first kappa shape index (κ1) is 14.0. The van der Waals surface area contributed by atoms with Crippen LogP contribution in [-0.2, 0) is 13.2 Å². The number of thiophene rings is 1. The lowest BCUT2D eigenvalue weighted by atomic mass is 10.2. The zero-order valence-corrected chi connectivity index (χ0v) is 12.2. The van der Waals surface area contributed by atoms with Crippen molar-refractivity contribution in [2.45, 2.75) is 27.0 Å². The van der Waals surface area contributed by atoms with Crippen LogP contribution in [0.2, 0.25) is 0 Å². The molecule has 0 fully saturated rings. The summed E-state index contributed by atoms with van der Waals surface area (Å²) in [6, 6.07) is 8.12. The van der Waals surface area contributed by atoms with E-state index in [-0.39, 0.29) is 0 Å². The number of aromatic nitrogens is 1. The smallest absolute Gasteiger partial charge is 0.213 e. The fourth-order valence-corrected chi connectivity index (χ4v) is 2.30. The zero-order valence-electron chi connectivity index (χ0n) is 11.4. The first-order chi connectivity index (χ1) is 9.24. The second-order valence-corrected chi connectivity index (χ2v) is 5.93. The molecule has 0 bridgehead atoms. The normalized spacial score (nSPS) is 10.9. The lowest BCUT2D eigenvalue weighted by molar-refractivity contribution is 0.297. The van der Waals surface area contributed by atoms with Crippen molar-refractivity contribution in [1.29, 1.82) is 0 Å². The van der Waals surface area contributed by atoms with Gasteiger partial charge in [0.05, 0.1) is 0 Å². The van der Waals surface area contributed by atoms with Crippen LogP contribution in [0.4, 0.5) is 0 Å². The predicted octanol–water partition coefficient (Wildman–Crippen LogP) is 3.47. The van der Waals surface area contributed by atoms with Crippen LogP contribution in [0.15, 0.2) is 35.8 Å². The summed E-state index contributed by atoms with van der Waals surface area (Å²) in [7, 11) is 0. The van der Waals surface area contributed by atoms with Gasteiger partial charge in [-0.25, -0.2) is 4.98 Å². The molecular weight excluding hydrogens is 256 g/mol. The highest BCUT2D eigenvalue weighted by Gasteiger charge is 2.01. The molecule has 2 rings (SSSR count). The Balaban J connectivity index is 1.84. The second-order valence-electron chi connectivity index (χ2n) is 4.90. The molecular formula is C15H20N2OS. The van der Waals surface area contributed by atoms with E-state index in [1.54, 1.807) is 17.5 Å². The zero-order chi connectivity index (χ0) is 13.5. The number of nitrogens with zero attached hydrogens (tertiary/aromatic N) is 1. The molecule has 0 aliphatic carbocycles. The number of hydrogen-bond donors (Lipinski definition) is 1. The van der Waals surface area contributed by atoms with Gasteiger partial charge in [0.15, 0.2) is 0 Å². The molecule has 0 radical (unpaired) electrons. The topological polar surface area (TPSA) is 34.2 Å². The first-order valence-electron chi connectivity index (χ1n) is 6.55. The molecule has 0 unspecified atom stereocenters. The van der Waals surface area contributed by atoms with Crippen LogP contribution in [0.25, 0.3) is 0 Å². The average molecular weight is 276 g/mol. The van der Waals surface area contributed by atoms with Crippen LogP contribution in [-0.4, -0.2) is 11.5 Å². The Labute approximate surface area is 118 Å². The fourth-order valence-electron chi connectivity index (χ4n) is 1.68. The Kier molecular flexibility index (Phi) is 5.36. The fraction of sp³-hybridized carbons (Fsp3) is 0.400. The SMILES string of the molecule is CC(C)CNCc1ccnc(OCc2cccs2)c1. The minimum Gasteiger partial charge on any atom is -0.472 e. The molecule has 0 spiro atoms. The molecule has 2 aromatic heterocycles. The molecule has 19 heavy (non-hydrogen) atoms. The monoisotopic (exact) mass is 276 g/mol. The molecule has 0 aliphatic heterocycles. The first-order valence-corrected chi connectivity index (χ1v) is 7.43. The molecule has 0 amide bonds. The predicted molar refractivity (Wildman–Crippen MR) is 79.4 cm³/mol. The number of pyridine rings is 1. The highest BCUT2D eigenvalue weighted by atomic mass is 32.1. The van der Waals surface area contributed by atoms with Gasteiger partial charge < -0.3 is 10.1 Å². The van der Waals surface area contributed by atoms with Crippen LogP contribution in [0, 0.1) is 5.92 Å². The Morgan fingerprint density at radius 2 is 2.26 bits per heavy atom. The maximum absolute atomic E-state index is 5.69. The lowest BCUT2D eigenvalue weighted by Gasteiger charge is -2.09. The molecule has 2 heterocycles. The van der Waals surface area contributed by atoms with Gasteiger partial charge in [0, 0.05) is 23.7 Å². The van der Waals surface area contributed by atoms with E-state index in [0.717, 1.165) is 13.1 Å². The van der Waals surface area contributed by atoms with Crippen molar-refractivity contribution in [2.24, 2.45) is 5.92 Å². The summed E-state index contributed by atoms with van der Waals surface area (Å²) in [5.41, 5.74) is 1.21. The van der Waals surface area contributed by atoms with Gasteiger partial charge in [-0.2, -0.15) is 0 Å². The summed E-state index contributed by atoms with van der Waals surface area (Å²) in [4.78, 5) is 5.45. The van der Waals surface area contributed by atoms with Crippen molar-refractivity contribution < 1.29 is 4.74 Å². The minimum atomic E-state index is 0.591. The Bertz CT molecular complexity index is 483. The van der Waals surface area contributed by atoms with E-state index in [4.69, 9.17) is 4.74 Å². The molecule has 4 heteroatoms. The summed E-state index contributed by atoms with van der Waals surface area (Å²) < 4.78 is 5.69. The van der Waals surface area contributed by atoms with Gasteiger partial charge >= 0.3 is 0 Å². The van der Waals surface area contributed by atoms with Crippen molar-refractivity contribution in [3.8, 4) is 5.88 Å². The molecule has 1 N–H and O–H groups in total. The van der Waals surface area contributed by atoms with Gasteiger partial charge in [0.25, 0.3) is 0 Å². The van der Waals surface area contributed by atoms with E-state index >= 15 is 0 Å². The number of rotatable bonds is 7. The molecule has 3 nitrogen and oxygen atoms in total. The van der Waals surface area contributed by atoms with E-state index in [1.165, 1.54) is 10.4 Å². The van der Waals surface area contributed by atoms with E-state index < -0.39 is 0 Å². The molecule has 0 atom stereocenters. The average Bonchev–Trinajstić information content (AvgIpc) is 2.89. The third kappa shape index (κ3) is 5.01. The number of hydrogen-bond acceptors (Lipinski definition) is 4. The maximum atomic E-state index is 5.69. The van der Waals surface area contributed by atoms with Crippen LogP contribution < -0.4 is 10.1 Å². The second kappa shape index (κ2) is 7.26. The van der Waals surface area contributed by atoms with Crippen molar-refractivity contribution in [3.05, 3.63) is 46.3 Å². The van der Waals surface area contributed by atoms with Gasteiger partial charge in [0.2, 0.25) is 5.88 Å². The third-order valence-corrected chi connectivity index (χ3v) is 3.47. The Morgan fingerprint density at radius 1 is 1.37 bits per heavy atom. The highest BCUT2D eigenvalue weighted by molar-refractivity contribution is 7.09. The molecule has 0 saturated carbocycles. The lowest BCUT2D eigenvalue weighted by Crippen LogP contribution is -2.18. The Hall–Kier alpha value is -1.39. The molecule has 0 aromatic carbocycles. The van der Waals surface area contributed by atoms with Crippen LogP contribution in [0.3, 0.4) is 0 Å². The van der Waals surface area contributed by atoms with Crippen LogP contribution in [0.5, 0.6) is 5.88 Å². The summed E-state index contributed by atoms with van der Waals surface area (Å²) in [6.45, 7) is 6.88. The van der Waals surface area contributed by atoms with Crippen molar-refractivity contribution in [3.63, 3.8) is 0 Å². The van der Waals surface area contributed by atoms with Crippen molar-refractivity contribution in [1.82, 2.24) is 10.3 Å². The summed E-state index contributed by atoms with van der Waals surface area (Å²) in [5, 5.41) is 5.47. The third-order valence-electron chi connectivity index (χ3n) is 2.62. The molecule has 2 aromatic rings. The van der Waals surface area contributed by atoms with Crippen LogP contribution >= 0.6 is 11.3 Å². The number of ether oxygens (including phenoxy) is 1. The largest absolute Gasteiger partial charge is 0.472 e. The van der Waals surface area contributed by atoms with Crippen LogP contribution in [0.1, 0.15) is 24.3 Å². The van der Waals surface area contributed by atoms with Gasteiger partial charge in [-0.3, -0.25) is 0 Å². The summed E-state index contributed by atoms with van der Waals surface area (Å²) in [5.74, 6) is 1.36. The van der Waals surface area contributed by atoms with E-state index in [1.807, 2.05) is 18.2 Å². The molecule has 0 saturated heterocycles. The van der Waals surface area contributed by atoms with E-state index in [0.29, 0.717) is 18.4 Å². The standard InChI is InChI=1S/C15H20N2OS/c1-12(2)9-16-10-13-5-6-17-15(8-13)18-11-14-4-3-7-19-14/h3-8,12,16H,9-11H2,1-2H3. The highest BCUT2D eigenvalue weighted by Crippen LogP contribution is 2.14. The van der Waals surface area contributed by atoms with Gasteiger partial charge in [-0.15, -0.1) is 11.3 Å². The van der Waals surface area contributed by atoms with E-state index in [9.17, 15) is 0 Å². The van der Waals surface area contributed by atoms with Crippen molar-refractivity contribution in [2.75, 3.05) is 6.54 Å². The van der Waals surface area contributed by atoms with Gasteiger partial charge in [-0.05, 0) is 35.5 Å². The quantitative estimate of drug-likeness (QED) is 0.841. The number of nitrogens with one attached hydrogen (secondary N) is 1. The van der Waals surface area contributed by atoms with Crippen molar-refractivity contribution >= 4 is 11.3 Å². The van der Waals surface area contributed by atoms with Gasteiger partial charge in [-0.1, -0.05) is 19.9 Å². The molecule has 102 valence electrons. The molecule has 0 aliphatic rings. The maximum Gasteiger partial charge on any atom is 0.213 e. The summed E-state index contributed by atoms with van der Waals surface area (Å²) >= 11 is 1.70.